The molecule has 7 N–H and O–H groups in total. The molecule has 9 nitrogen and oxygen atoms in total. The van der Waals surface area contributed by atoms with E-state index in [0.717, 1.165) is 49.2 Å². The molecule has 1 aromatic carbocycles. The first-order valence-corrected chi connectivity index (χ1v) is 11.1. The zero-order chi connectivity index (χ0) is 25.5. The average Bonchev–Trinajstić information content (AvgIpc) is 3.26. The van der Waals surface area contributed by atoms with E-state index in [9.17, 15) is 18.0 Å². The number of carbonyl (C=O) groups is 1. The van der Waals surface area contributed by atoms with E-state index in [4.69, 9.17) is 11.6 Å². The van der Waals surface area contributed by atoms with Crippen molar-refractivity contribution >= 4 is 23.0 Å². The van der Waals surface area contributed by atoms with Gasteiger partial charge in [-0.1, -0.05) is 0 Å². The van der Waals surface area contributed by atoms with Crippen LogP contribution < -0.4 is 22.2 Å². The fourth-order valence-corrected chi connectivity index (χ4v) is 3.95. The van der Waals surface area contributed by atoms with Crippen LogP contribution in [-0.2, 0) is 4.79 Å². The second-order valence-corrected chi connectivity index (χ2v) is 8.22. The molecule has 4 rings (SSSR count). The van der Waals surface area contributed by atoms with Crippen LogP contribution in [-0.4, -0.2) is 52.4 Å². The Balaban J connectivity index is 0.000000371. The van der Waals surface area contributed by atoms with Crippen molar-refractivity contribution in [3.8, 4) is 11.4 Å². The van der Waals surface area contributed by atoms with Gasteiger partial charge in [-0.25, -0.2) is 29.0 Å². The number of nitrogens with two attached hydrogens (primary N) is 2. The number of hydrazine groups is 1. The molecule has 1 aliphatic rings. The molecule has 3 aromatic rings. The Morgan fingerprint density at radius 2 is 1.97 bits per heavy atom. The lowest BCUT2D eigenvalue weighted by Gasteiger charge is -2.29. The Labute approximate surface area is 200 Å². The highest BCUT2D eigenvalue weighted by Crippen LogP contribution is 2.30. The molecule has 35 heavy (non-hydrogen) atoms. The van der Waals surface area contributed by atoms with E-state index in [1.165, 1.54) is 19.3 Å². The standard InChI is InChI=1S/C19H20F3N5.C4H9N3O/c1-23-11-3-2-4-12(7-11)26-19-16(22)9-25-18(27-19)14-8-24-17-13(14)5-10(20)6-15(17)21;1-7(6)4(2-5)3-8/h5-6,8-9,11-12,23-24H,2-4,7H2,1H3,(H,25,26,27);2-3H,5-6H2,1H3/b;4-2-/t11-,12+;/m1./s1. The smallest absolute Gasteiger partial charge is 0.183 e. The van der Waals surface area contributed by atoms with Gasteiger partial charge in [-0.3, -0.25) is 4.79 Å². The van der Waals surface area contributed by atoms with E-state index >= 15 is 0 Å². The number of H-pyrrole nitrogens is 1. The highest BCUT2D eigenvalue weighted by atomic mass is 19.1. The summed E-state index contributed by atoms with van der Waals surface area (Å²) in [5, 5.41) is 7.88. The number of aromatic amines is 1. The zero-order valence-electron chi connectivity index (χ0n) is 19.5. The van der Waals surface area contributed by atoms with Crippen LogP contribution >= 0.6 is 0 Å². The normalized spacial score (nSPS) is 18.1. The number of anilines is 1. The molecule has 0 unspecified atom stereocenters. The molecule has 1 saturated carbocycles. The first-order chi connectivity index (χ1) is 16.8. The van der Waals surface area contributed by atoms with Gasteiger partial charge in [0.05, 0.1) is 11.7 Å². The number of aromatic nitrogens is 3. The summed E-state index contributed by atoms with van der Waals surface area (Å²) in [5.74, 6) is 3.48. The molecular weight excluding hydrogens is 461 g/mol. The number of rotatable bonds is 6. The van der Waals surface area contributed by atoms with Gasteiger partial charge >= 0.3 is 0 Å². The molecular formula is C23H29F3N8O. The summed E-state index contributed by atoms with van der Waals surface area (Å²) < 4.78 is 41.8. The number of likely N-dealkylation sites (N-methyl/N-ethyl adjacent to an activating group) is 1. The molecule has 1 fully saturated rings. The summed E-state index contributed by atoms with van der Waals surface area (Å²) in [5.41, 5.74) is 5.82. The van der Waals surface area contributed by atoms with Gasteiger partial charge in [0.25, 0.3) is 0 Å². The third kappa shape index (κ3) is 6.28. The molecule has 0 spiro atoms. The zero-order valence-corrected chi connectivity index (χ0v) is 19.5. The summed E-state index contributed by atoms with van der Waals surface area (Å²) >= 11 is 0. The number of hydrogen-bond donors (Lipinski definition) is 5. The monoisotopic (exact) mass is 490 g/mol. The number of allylic oxidation sites excluding steroid dienone is 1. The summed E-state index contributed by atoms with van der Waals surface area (Å²) in [6, 6.07) is 2.51. The Bertz CT molecular complexity index is 1200. The second kappa shape index (κ2) is 11.7. The van der Waals surface area contributed by atoms with Crippen molar-refractivity contribution in [3.05, 3.63) is 53.9 Å². The van der Waals surface area contributed by atoms with Gasteiger partial charge in [-0.05, 0) is 38.8 Å². The van der Waals surface area contributed by atoms with E-state index < -0.39 is 17.5 Å². The number of fused-ring (bicyclic) bond motifs is 1. The molecule has 2 atom stereocenters. The fraction of sp³-hybridized carbons (Fsp3) is 0.348. The Hall–Kier alpha value is -3.64. The van der Waals surface area contributed by atoms with Gasteiger partial charge in [0.2, 0.25) is 0 Å². The van der Waals surface area contributed by atoms with E-state index in [1.54, 1.807) is 0 Å². The Morgan fingerprint density at radius 1 is 1.23 bits per heavy atom. The lowest BCUT2D eigenvalue weighted by atomic mass is 9.91. The van der Waals surface area contributed by atoms with Gasteiger partial charge in [0, 0.05) is 48.5 Å². The number of nitrogens with one attached hydrogen (secondary N) is 3. The van der Waals surface area contributed by atoms with Crippen LogP contribution in [0.25, 0.3) is 22.3 Å². The van der Waals surface area contributed by atoms with Crippen LogP contribution in [0.5, 0.6) is 0 Å². The number of aldehydes is 1. The van der Waals surface area contributed by atoms with Crippen molar-refractivity contribution in [1.29, 1.82) is 0 Å². The van der Waals surface area contributed by atoms with Gasteiger partial charge in [-0.15, -0.1) is 0 Å². The van der Waals surface area contributed by atoms with Gasteiger partial charge in [0.15, 0.2) is 23.7 Å². The number of nitrogens with zero attached hydrogens (tertiary/aromatic N) is 3. The van der Waals surface area contributed by atoms with E-state index in [1.807, 2.05) is 7.05 Å². The van der Waals surface area contributed by atoms with Gasteiger partial charge in [-0.2, -0.15) is 0 Å². The number of halogens is 3. The minimum atomic E-state index is -0.697. The highest BCUT2D eigenvalue weighted by molar-refractivity contribution is 5.94. The minimum Gasteiger partial charge on any atom is -0.403 e. The Kier molecular flexibility index (Phi) is 8.66. The molecule has 188 valence electrons. The molecule has 2 heterocycles. The maximum absolute atomic E-state index is 14.3. The molecule has 0 bridgehead atoms. The maximum Gasteiger partial charge on any atom is 0.183 e. The fourth-order valence-electron chi connectivity index (χ4n) is 3.95. The molecule has 0 amide bonds. The van der Waals surface area contributed by atoms with Crippen LogP contribution in [0, 0.1) is 17.5 Å². The van der Waals surface area contributed by atoms with E-state index in [0.29, 0.717) is 23.3 Å². The number of carbonyl (C=O) groups excluding carboxylic acids is 1. The van der Waals surface area contributed by atoms with E-state index in [2.05, 4.69) is 25.6 Å². The van der Waals surface area contributed by atoms with Gasteiger partial charge < -0.3 is 26.4 Å². The molecule has 0 radical (unpaired) electrons. The van der Waals surface area contributed by atoms with Crippen LogP contribution in [0.4, 0.5) is 19.0 Å². The molecule has 1 aliphatic carbocycles. The average molecular weight is 491 g/mol. The van der Waals surface area contributed by atoms with Crippen molar-refractivity contribution in [1.82, 2.24) is 25.3 Å². The first-order valence-electron chi connectivity index (χ1n) is 11.1. The lowest BCUT2D eigenvalue weighted by Crippen LogP contribution is -2.37. The summed E-state index contributed by atoms with van der Waals surface area (Å²) in [7, 11) is 3.46. The van der Waals surface area contributed by atoms with Gasteiger partial charge in [0.1, 0.15) is 17.3 Å². The number of hydrogen-bond acceptors (Lipinski definition) is 8. The van der Waals surface area contributed by atoms with Crippen molar-refractivity contribution < 1.29 is 18.0 Å². The third-order valence-corrected chi connectivity index (χ3v) is 5.81. The first kappa shape index (κ1) is 26.0. The van der Waals surface area contributed by atoms with Crippen molar-refractivity contribution in [2.24, 2.45) is 11.6 Å². The van der Waals surface area contributed by atoms with Crippen molar-refractivity contribution in [3.63, 3.8) is 0 Å². The topological polar surface area (TPSA) is 138 Å². The summed E-state index contributed by atoms with van der Waals surface area (Å²) in [6.45, 7) is 0. The highest BCUT2D eigenvalue weighted by Gasteiger charge is 2.23. The molecule has 12 heteroatoms. The summed E-state index contributed by atoms with van der Waals surface area (Å²) in [6.07, 6.45) is 8.26. The third-order valence-electron chi connectivity index (χ3n) is 5.81. The predicted molar refractivity (Wildman–Crippen MR) is 128 cm³/mol. The molecule has 0 aliphatic heterocycles. The van der Waals surface area contributed by atoms with Crippen molar-refractivity contribution in [2.45, 2.75) is 37.8 Å². The van der Waals surface area contributed by atoms with Crippen LogP contribution in [0.2, 0.25) is 0 Å². The SMILES string of the molecule is CN(N)/C(C=O)=C\N.CN[C@@H]1CCC[C@H](Nc2nc(-c3c[nH]c4c(F)cc(F)cc34)ncc2F)C1. The maximum atomic E-state index is 14.3. The second-order valence-electron chi connectivity index (χ2n) is 8.22. The molecule has 2 aromatic heterocycles. The largest absolute Gasteiger partial charge is 0.403 e. The van der Waals surface area contributed by atoms with Crippen molar-refractivity contribution in [2.75, 3.05) is 19.4 Å². The van der Waals surface area contributed by atoms with Crippen LogP contribution in [0.15, 0.2) is 36.4 Å². The lowest BCUT2D eigenvalue weighted by molar-refractivity contribution is -0.106. The van der Waals surface area contributed by atoms with E-state index in [-0.39, 0.29) is 28.9 Å². The predicted octanol–water partition coefficient (Wildman–Crippen LogP) is 2.78. The van der Waals surface area contributed by atoms with Crippen LogP contribution in [0.3, 0.4) is 0 Å². The molecule has 0 saturated heterocycles. The minimum absolute atomic E-state index is 0.103. The number of benzene rings is 1. The summed E-state index contributed by atoms with van der Waals surface area (Å²) in [4.78, 5) is 21.0. The quantitative estimate of drug-likeness (QED) is 0.154. The Morgan fingerprint density at radius 3 is 2.60 bits per heavy atom. The van der Waals surface area contributed by atoms with Crippen LogP contribution in [0.1, 0.15) is 25.7 Å².